The van der Waals surface area contributed by atoms with Gasteiger partial charge in [-0.15, -0.1) is 0 Å². The predicted octanol–water partition coefficient (Wildman–Crippen LogP) is 3.99. The fourth-order valence-corrected chi connectivity index (χ4v) is 3.41. The van der Waals surface area contributed by atoms with E-state index in [1.807, 2.05) is 66.7 Å². The normalized spacial score (nSPS) is 11.4. The first-order chi connectivity index (χ1) is 15.0. The van der Waals surface area contributed by atoms with Gasteiger partial charge in [0.2, 0.25) is 11.8 Å². The third-order valence-electron chi connectivity index (χ3n) is 4.91. The highest BCUT2D eigenvalue weighted by Crippen LogP contribution is 2.14. The van der Waals surface area contributed by atoms with Crippen LogP contribution in [0.15, 0.2) is 91.0 Å². The molecule has 2 amide bonds. The fraction of sp³-hybridized carbons (Fsp3) is 0.192. The van der Waals surface area contributed by atoms with Gasteiger partial charge in [-0.3, -0.25) is 14.4 Å². The molecule has 158 valence electrons. The summed E-state index contributed by atoms with van der Waals surface area (Å²) in [5, 5.41) is 2.68. The van der Waals surface area contributed by atoms with Crippen LogP contribution in [-0.2, 0) is 22.7 Å². The molecule has 3 aromatic carbocycles. The molecule has 0 aliphatic carbocycles. The number of nitrogens with zero attached hydrogens (tertiary/aromatic N) is 1. The molecular formula is C26H26N2O3. The Balaban J connectivity index is 1.84. The van der Waals surface area contributed by atoms with E-state index in [1.54, 1.807) is 29.2 Å². The standard InChI is InChI=1S/C26H26N2O3/c1-20(29)27-24(17-25(30)23-15-9-4-10-16-23)26(31)28(18-21-11-5-2-6-12-21)19-22-13-7-3-8-14-22/h2-16,24H,17-19H2,1H3,(H,27,29)/t24-/m0/s1. The van der Waals surface area contributed by atoms with E-state index < -0.39 is 6.04 Å². The number of nitrogens with one attached hydrogen (secondary N) is 1. The Morgan fingerprint density at radius 1 is 0.742 bits per heavy atom. The number of amides is 2. The van der Waals surface area contributed by atoms with Gasteiger partial charge in [0.15, 0.2) is 5.78 Å². The number of benzene rings is 3. The zero-order valence-corrected chi connectivity index (χ0v) is 17.5. The predicted molar refractivity (Wildman–Crippen MR) is 120 cm³/mol. The van der Waals surface area contributed by atoms with Crippen molar-refractivity contribution in [2.75, 3.05) is 0 Å². The van der Waals surface area contributed by atoms with E-state index in [4.69, 9.17) is 0 Å². The lowest BCUT2D eigenvalue weighted by molar-refractivity contribution is -0.137. The molecule has 0 bridgehead atoms. The Morgan fingerprint density at radius 2 is 1.19 bits per heavy atom. The van der Waals surface area contributed by atoms with Crippen LogP contribution in [0.4, 0.5) is 0 Å². The van der Waals surface area contributed by atoms with Gasteiger partial charge in [-0.2, -0.15) is 0 Å². The van der Waals surface area contributed by atoms with Gasteiger partial charge in [0.25, 0.3) is 0 Å². The molecule has 5 heteroatoms. The molecule has 0 fully saturated rings. The number of hydrogen-bond acceptors (Lipinski definition) is 3. The average Bonchev–Trinajstić information content (AvgIpc) is 2.79. The summed E-state index contributed by atoms with van der Waals surface area (Å²) in [5.41, 5.74) is 2.47. The maximum atomic E-state index is 13.5. The quantitative estimate of drug-likeness (QED) is 0.539. The topological polar surface area (TPSA) is 66.5 Å². The Labute approximate surface area is 182 Å². The fourth-order valence-electron chi connectivity index (χ4n) is 3.41. The maximum absolute atomic E-state index is 13.5. The van der Waals surface area contributed by atoms with E-state index in [0.717, 1.165) is 11.1 Å². The summed E-state index contributed by atoms with van der Waals surface area (Å²) in [7, 11) is 0. The van der Waals surface area contributed by atoms with Gasteiger partial charge in [-0.05, 0) is 11.1 Å². The van der Waals surface area contributed by atoms with Gasteiger partial charge in [0, 0.05) is 32.0 Å². The van der Waals surface area contributed by atoms with Gasteiger partial charge >= 0.3 is 0 Å². The van der Waals surface area contributed by atoms with Gasteiger partial charge in [0.1, 0.15) is 6.04 Å². The van der Waals surface area contributed by atoms with E-state index in [1.165, 1.54) is 6.92 Å². The molecule has 0 unspecified atom stereocenters. The molecule has 0 aliphatic rings. The number of rotatable bonds is 9. The van der Waals surface area contributed by atoms with E-state index in [9.17, 15) is 14.4 Å². The van der Waals surface area contributed by atoms with Crippen molar-refractivity contribution in [2.45, 2.75) is 32.5 Å². The molecule has 0 saturated heterocycles. The van der Waals surface area contributed by atoms with Crippen molar-refractivity contribution in [3.63, 3.8) is 0 Å². The second-order valence-electron chi connectivity index (χ2n) is 7.41. The maximum Gasteiger partial charge on any atom is 0.246 e. The summed E-state index contributed by atoms with van der Waals surface area (Å²) in [6.07, 6.45) is -0.0947. The van der Waals surface area contributed by atoms with E-state index >= 15 is 0 Å². The van der Waals surface area contributed by atoms with Crippen molar-refractivity contribution in [1.29, 1.82) is 0 Å². The van der Waals surface area contributed by atoms with Crippen LogP contribution in [0, 0.1) is 0 Å². The zero-order valence-electron chi connectivity index (χ0n) is 17.5. The molecule has 3 rings (SSSR count). The minimum absolute atomic E-state index is 0.0947. The smallest absolute Gasteiger partial charge is 0.246 e. The van der Waals surface area contributed by atoms with Crippen molar-refractivity contribution in [1.82, 2.24) is 10.2 Å². The summed E-state index contributed by atoms with van der Waals surface area (Å²) >= 11 is 0. The van der Waals surface area contributed by atoms with Crippen molar-refractivity contribution in [2.24, 2.45) is 0 Å². The van der Waals surface area contributed by atoms with Gasteiger partial charge in [-0.25, -0.2) is 0 Å². The molecule has 0 radical (unpaired) electrons. The van der Waals surface area contributed by atoms with Crippen LogP contribution in [0.1, 0.15) is 34.8 Å². The van der Waals surface area contributed by atoms with Crippen molar-refractivity contribution < 1.29 is 14.4 Å². The van der Waals surface area contributed by atoms with Crippen LogP contribution in [0.2, 0.25) is 0 Å². The molecule has 0 aromatic heterocycles. The SMILES string of the molecule is CC(=O)N[C@@H](CC(=O)c1ccccc1)C(=O)N(Cc1ccccc1)Cc1ccccc1. The Morgan fingerprint density at radius 3 is 1.65 bits per heavy atom. The summed E-state index contributed by atoms with van der Waals surface area (Å²) in [6, 6.07) is 27.2. The molecule has 3 aromatic rings. The number of carbonyl (C=O) groups is 3. The molecule has 1 N–H and O–H groups in total. The summed E-state index contributed by atoms with van der Waals surface area (Å²) < 4.78 is 0. The zero-order chi connectivity index (χ0) is 22.1. The summed E-state index contributed by atoms with van der Waals surface area (Å²) in [5.74, 6) is -0.821. The van der Waals surface area contributed by atoms with Crippen LogP contribution in [0.3, 0.4) is 0 Å². The van der Waals surface area contributed by atoms with Gasteiger partial charge < -0.3 is 10.2 Å². The minimum atomic E-state index is -0.933. The molecular weight excluding hydrogens is 388 g/mol. The first kappa shape index (κ1) is 22.0. The average molecular weight is 415 g/mol. The van der Waals surface area contributed by atoms with Crippen LogP contribution in [0.5, 0.6) is 0 Å². The second kappa shape index (κ2) is 10.9. The molecule has 5 nitrogen and oxygen atoms in total. The monoisotopic (exact) mass is 414 g/mol. The Hall–Kier alpha value is -3.73. The van der Waals surface area contributed by atoms with E-state index in [2.05, 4.69) is 5.32 Å². The minimum Gasteiger partial charge on any atom is -0.344 e. The molecule has 0 heterocycles. The summed E-state index contributed by atoms with van der Waals surface area (Å²) in [6.45, 7) is 2.11. The molecule has 31 heavy (non-hydrogen) atoms. The van der Waals surface area contributed by atoms with Crippen LogP contribution in [0.25, 0.3) is 0 Å². The first-order valence-corrected chi connectivity index (χ1v) is 10.2. The van der Waals surface area contributed by atoms with Gasteiger partial charge in [0.05, 0.1) is 0 Å². The van der Waals surface area contributed by atoms with Crippen LogP contribution >= 0.6 is 0 Å². The number of carbonyl (C=O) groups excluding carboxylic acids is 3. The first-order valence-electron chi connectivity index (χ1n) is 10.2. The van der Waals surface area contributed by atoms with Crippen molar-refractivity contribution in [3.8, 4) is 0 Å². The van der Waals surface area contributed by atoms with Crippen molar-refractivity contribution >= 4 is 17.6 Å². The highest BCUT2D eigenvalue weighted by atomic mass is 16.2. The molecule has 1 atom stereocenters. The molecule has 0 saturated carbocycles. The van der Waals surface area contributed by atoms with Gasteiger partial charge in [-0.1, -0.05) is 91.0 Å². The Bertz CT molecular complexity index is 963. The van der Waals surface area contributed by atoms with Crippen LogP contribution in [-0.4, -0.2) is 28.5 Å². The summed E-state index contributed by atoms with van der Waals surface area (Å²) in [4.78, 5) is 39.8. The number of ketones is 1. The lowest BCUT2D eigenvalue weighted by atomic mass is 10.0. The van der Waals surface area contributed by atoms with Crippen LogP contribution < -0.4 is 5.32 Å². The third kappa shape index (κ3) is 6.64. The largest absolute Gasteiger partial charge is 0.344 e. The second-order valence-corrected chi connectivity index (χ2v) is 7.41. The number of hydrogen-bond donors (Lipinski definition) is 1. The molecule has 0 aliphatic heterocycles. The van der Waals surface area contributed by atoms with Crippen molar-refractivity contribution in [3.05, 3.63) is 108 Å². The highest BCUT2D eigenvalue weighted by Gasteiger charge is 2.28. The lowest BCUT2D eigenvalue weighted by Gasteiger charge is -2.28. The lowest BCUT2D eigenvalue weighted by Crippen LogP contribution is -2.48. The molecule has 0 spiro atoms. The Kier molecular flexibility index (Phi) is 7.71. The number of Topliss-reactive ketones (excluding diaryl/α,β-unsaturated/α-hetero) is 1. The third-order valence-corrected chi connectivity index (χ3v) is 4.91. The van der Waals surface area contributed by atoms with E-state index in [0.29, 0.717) is 18.7 Å². The van der Waals surface area contributed by atoms with E-state index in [-0.39, 0.29) is 24.0 Å². The highest BCUT2D eigenvalue weighted by molar-refractivity contribution is 6.00.